The quantitative estimate of drug-likeness (QED) is 0.263. The number of carbonyl (C=O) groups excluding carboxylic acids is 2. The van der Waals surface area contributed by atoms with Gasteiger partial charge in [-0.15, -0.1) is 0 Å². The van der Waals surface area contributed by atoms with Gasteiger partial charge in [0.15, 0.2) is 0 Å². The summed E-state index contributed by atoms with van der Waals surface area (Å²) < 4.78 is 0. The molecular weight excluding hydrogens is 412 g/mol. The number of pyridine rings is 1. The average molecular weight is 434 g/mol. The number of anilines is 1. The Morgan fingerprint density at radius 1 is 0.879 bits per heavy atom. The summed E-state index contributed by atoms with van der Waals surface area (Å²) in [5.41, 5.74) is 3.56. The van der Waals surface area contributed by atoms with Crippen LogP contribution in [0.25, 0.3) is 16.5 Å². The molecule has 4 aromatic rings. The summed E-state index contributed by atoms with van der Waals surface area (Å²) in [6.07, 6.45) is 1.62. The third kappa shape index (κ3) is 3.38. The highest BCUT2D eigenvalue weighted by atomic mass is 16.3. The highest BCUT2D eigenvalue weighted by molar-refractivity contribution is 6.51. The van der Waals surface area contributed by atoms with Crippen LogP contribution in [0.4, 0.5) is 5.69 Å². The number of aliphatic hydroxyl groups excluding tert-OH is 1. The van der Waals surface area contributed by atoms with Gasteiger partial charge in [-0.05, 0) is 60.0 Å². The summed E-state index contributed by atoms with van der Waals surface area (Å²) in [5, 5.41) is 13.3. The van der Waals surface area contributed by atoms with Crippen molar-refractivity contribution in [2.45, 2.75) is 19.9 Å². The lowest BCUT2D eigenvalue weighted by Crippen LogP contribution is -2.30. The predicted octanol–water partition coefficient (Wildman–Crippen LogP) is 5.48. The standard InChI is InChI=1S/C28H22N2O3/c1-17-8-7-12-23(18(17)2)30-25(22-11-5-6-15-29-22)24(27(32)28(30)33)26(31)21-14-13-19-9-3-4-10-20(19)16-21/h3-16,25,31H,1-2H3/b26-24-. The van der Waals surface area contributed by atoms with Crippen LogP contribution in [-0.2, 0) is 9.59 Å². The maximum atomic E-state index is 13.3. The number of Topliss-reactive ketones (excluding diaryl/α,β-unsaturated/α-hetero) is 1. The summed E-state index contributed by atoms with van der Waals surface area (Å²) in [7, 11) is 0. The second kappa shape index (κ2) is 8.02. The Morgan fingerprint density at radius 2 is 1.64 bits per heavy atom. The van der Waals surface area contributed by atoms with E-state index in [0.29, 0.717) is 16.9 Å². The molecule has 5 nitrogen and oxygen atoms in total. The van der Waals surface area contributed by atoms with Gasteiger partial charge in [-0.1, -0.05) is 54.6 Å². The van der Waals surface area contributed by atoms with Crippen LogP contribution in [0, 0.1) is 13.8 Å². The molecule has 162 valence electrons. The third-order valence-corrected chi connectivity index (χ3v) is 6.27. The Morgan fingerprint density at radius 3 is 2.39 bits per heavy atom. The number of carbonyl (C=O) groups is 2. The van der Waals surface area contributed by atoms with Crippen molar-refractivity contribution in [3.8, 4) is 0 Å². The van der Waals surface area contributed by atoms with Crippen LogP contribution in [0.1, 0.15) is 28.4 Å². The van der Waals surface area contributed by atoms with Crippen molar-refractivity contribution in [3.63, 3.8) is 0 Å². The number of aliphatic hydroxyl groups is 1. The number of hydrogen-bond donors (Lipinski definition) is 1. The molecule has 3 aromatic carbocycles. The van der Waals surface area contributed by atoms with Crippen molar-refractivity contribution in [3.05, 3.63) is 113 Å². The first-order valence-corrected chi connectivity index (χ1v) is 10.7. The van der Waals surface area contributed by atoms with Crippen molar-refractivity contribution < 1.29 is 14.7 Å². The van der Waals surface area contributed by atoms with Crippen LogP contribution < -0.4 is 4.90 Å². The lowest BCUT2D eigenvalue weighted by molar-refractivity contribution is -0.132. The van der Waals surface area contributed by atoms with E-state index in [2.05, 4.69) is 4.98 Å². The van der Waals surface area contributed by atoms with E-state index in [1.54, 1.807) is 24.4 Å². The van der Waals surface area contributed by atoms with Gasteiger partial charge in [0, 0.05) is 17.4 Å². The van der Waals surface area contributed by atoms with E-state index in [1.165, 1.54) is 4.90 Å². The first-order chi connectivity index (χ1) is 16.0. The minimum absolute atomic E-state index is 0.0369. The van der Waals surface area contributed by atoms with Crippen molar-refractivity contribution in [2.24, 2.45) is 0 Å². The summed E-state index contributed by atoms with van der Waals surface area (Å²) in [6, 6.07) is 23.4. The molecule has 1 aliphatic heterocycles. The second-order valence-electron chi connectivity index (χ2n) is 8.20. The van der Waals surface area contributed by atoms with Crippen molar-refractivity contribution in [1.82, 2.24) is 4.98 Å². The van der Waals surface area contributed by atoms with Crippen LogP contribution in [0.5, 0.6) is 0 Å². The van der Waals surface area contributed by atoms with Gasteiger partial charge in [-0.2, -0.15) is 0 Å². The molecule has 1 amide bonds. The van der Waals surface area contributed by atoms with E-state index in [1.807, 2.05) is 74.5 Å². The molecule has 2 heterocycles. The molecule has 1 aliphatic rings. The first-order valence-electron chi connectivity index (χ1n) is 10.7. The van der Waals surface area contributed by atoms with Crippen molar-refractivity contribution in [1.29, 1.82) is 0 Å². The predicted molar refractivity (Wildman–Crippen MR) is 129 cm³/mol. The topological polar surface area (TPSA) is 70.5 Å². The number of aromatic nitrogens is 1. The molecule has 5 heteroatoms. The number of ketones is 1. The Bertz CT molecular complexity index is 1440. The van der Waals surface area contributed by atoms with Gasteiger partial charge in [0.25, 0.3) is 11.7 Å². The third-order valence-electron chi connectivity index (χ3n) is 6.27. The zero-order valence-corrected chi connectivity index (χ0v) is 18.3. The van der Waals surface area contributed by atoms with Crippen LogP contribution in [0.3, 0.4) is 0 Å². The van der Waals surface area contributed by atoms with Gasteiger partial charge in [0.2, 0.25) is 0 Å². The van der Waals surface area contributed by atoms with Gasteiger partial charge >= 0.3 is 0 Å². The number of benzene rings is 3. The molecule has 0 spiro atoms. The number of fused-ring (bicyclic) bond motifs is 1. The van der Waals surface area contributed by atoms with E-state index in [-0.39, 0.29) is 11.3 Å². The molecule has 0 saturated carbocycles. The molecule has 1 aromatic heterocycles. The fourth-order valence-electron chi connectivity index (χ4n) is 4.39. The Kier molecular flexibility index (Phi) is 5.02. The minimum atomic E-state index is -0.835. The molecule has 1 saturated heterocycles. The SMILES string of the molecule is Cc1cccc(N2C(=O)C(=O)/C(=C(\O)c3ccc4ccccc4c3)C2c2ccccn2)c1C. The lowest BCUT2D eigenvalue weighted by atomic mass is 9.96. The van der Waals surface area contributed by atoms with Crippen LogP contribution in [-0.4, -0.2) is 21.8 Å². The zero-order chi connectivity index (χ0) is 23.1. The fraction of sp³-hybridized carbons (Fsp3) is 0.107. The summed E-state index contributed by atoms with van der Waals surface area (Å²) in [5.74, 6) is -1.61. The molecule has 0 aliphatic carbocycles. The van der Waals surface area contributed by atoms with E-state index in [4.69, 9.17) is 0 Å². The maximum absolute atomic E-state index is 13.3. The molecular formula is C28H22N2O3. The summed E-state index contributed by atoms with van der Waals surface area (Å²) >= 11 is 0. The molecule has 1 fully saturated rings. The Balaban J connectivity index is 1.75. The van der Waals surface area contributed by atoms with Crippen LogP contribution in [0.15, 0.2) is 90.6 Å². The van der Waals surface area contributed by atoms with Gasteiger partial charge in [0.1, 0.15) is 11.8 Å². The smallest absolute Gasteiger partial charge is 0.300 e. The average Bonchev–Trinajstić information content (AvgIpc) is 3.11. The molecule has 5 rings (SSSR count). The molecule has 1 unspecified atom stereocenters. The van der Waals surface area contributed by atoms with Crippen LogP contribution in [0.2, 0.25) is 0 Å². The largest absolute Gasteiger partial charge is 0.507 e. The van der Waals surface area contributed by atoms with Gasteiger partial charge in [-0.25, -0.2) is 0 Å². The van der Waals surface area contributed by atoms with Crippen molar-refractivity contribution in [2.75, 3.05) is 4.90 Å². The van der Waals surface area contributed by atoms with Gasteiger partial charge in [-0.3, -0.25) is 19.5 Å². The monoisotopic (exact) mass is 434 g/mol. The first kappa shape index (κ1) is 20.6. The van der Waals surface area contributed by atoms with E-state index >= 15 is 0 Å². The number of rotatable bonds is 3. The fourth-order valence-corrected chi connectivity index (χ4v) is 4.39. The number of nitrogens with zero attached hydrogens (tertiary/aromatic N) is 2. The summed E-state index contributed by atoms with van der Waals surface area (Å²) in [4.78, 5) is 32.5. The highest BCUT2D eigenvalue weighted by Crippen LogP contribution is 2.43. The van der Waals surface area contributed by atoms with Crippen molar-refractivity contribution >= 4 is 33.9 Å². The van der Waals surface area contributed by atoms with Gasteiger partial charge < -0.3 is 5.11 Å². The normalized spacial score (nSPS) is 17.6. The molecule has 1 atom stereocenters. The van der Waals surface area contributed by atoms with E-state index in [9.17, 15) is 14.7 Å². The Labute approximate surface area is 191 Å². The van der Waals surface area contributed by atoms with Gasteiger partial charge in [0.05, 0.1) is 11.3 Å². The molecule has 0 radical (unpaired) electrons. The molecule has 33 heavy (non-hydrogen) atoms. The Hall–Kier alpha value is -4.25. The van der Waals surface area contributed by atoms with E-state index in [0.717, 1.165) is 21.9 Å². The van der Waals surface area contributed by atoms with Crippen LogP contribution >= 0.6 is 0 Å². The molecule has 0 bridgehead atoms. The zero-order valence-electron chi connectivity index (χ0n) is 18.3. The second-order valence-corrected chi connectivity index (χ2v) is 8.20. The maximum Gasteiger partial charge on any atom is 0.300 e. The molecule has 1 N–H and O–H groups in total. The number of aryl methyl sites for hydroxylation is 1. The number of amides is 1. The minimum Gasteiger partial charge on any atom is -0.507 e. The lowest BCUT2D eigenvalue weighted by Gasteiger charge is -2.26. The van der Waals surface area contributed by atoms with E-state index < -0.39 is 17.7 Å². The summed E-state index contributed by atoms with van der Waals surface area (Å²) in [6.45, 7) is 3.88. The number of hydrogen-bond acceptors (Lipinski definition) is 4. The highest BCUT2D eigenvalue weighted by Gasteiger charge is 2.48.